The Morgan fingerprint density at radius 1 is 0.833 bits per heavy atom. The number of ether oxygens (including phenoxy) is 2. The van der Waals surface area contributed by atoms with Crippen molar-refractivity contribution < 1.29 is 14.3 Å². The summed E-state index contributed by atoms with van der Waals surface area (Å²) in [6, 6.07) is 15.2. The second-order valence-corrected chi connectivity index (χ2v) is 3.85. The Morgan fingerprint density at radius 3 is 1.67 bits per heavy atom. The van der Waals surface area contributed by atoms with Crippen LogP contribution in [0.5, 0.6) is 11.5 Å². The molecule has 0 atom stereocenters. The molecule has 3 nitrogen and oxygen atoms in total. The predicted octanol–water partition coefficient (Wildman–Crippen LogP) is 3.29. The summed E-state index contributed by atoms with van der Waals surface area (Å²) in [4.78, 5) is 10.8. The van der Waals surface area contributed by atoms with Crippen LogP contribution in [-0.2, 0) is 4.79 Å². The molecule has 0 spiro atoms. The van der Waals surface area contributed by atoms with Crippen LogP contribution in [0.25, 0.3) is 11.1 Å². The average Bonchev–Trinajstić information content (AvgIpc) is 2.39. The highest BCUT2D eigenvalue weighted by Gasteiger charge is 2.01. The molecule has 18 heavy (non-hydrogen) atoms. The van der Waals surface area contributed by atoms with Crippen molar-refractivity contribution in [3.63, 3.8) is 0 Å². The van der Waals surface area contributed by atoms with Gasteiger partial charge in [-0.3, -0.25) is 4.79 Å². The van der Waals surface area contributed by atoms with Gasteiger partial charge >= 0.3 is 5.97 Å². The highest BCUT2D eigenvalue weighted by Crippen LogP contribution is 2.24. The lowest BCUT2D eigenvalue weighted by Gasteiger charge is -2.05. The molecule has 0 unspecified atom stereocenters. The quantitative estimate of drug-likeness (QED) is 0.612. The molecule has 0 saturated heterocycles. The molecule has 0 aliphatic rings. The van der Waals surface area contributed by atoms with Gasteiger partial charge in [0.05, 0.1) is 7.11 Å². The molecule has 0 fully saturated rings. The monoisotopic (exact) mass is 242 g/mol. The van der Waals surface area contributed by atoms with Gasteiger partial charge in [0, 0.05) is 6.92 Å². The largest absolute Gasteiger partial charge is 0.497 e. The number of methoxy groups -OCH3 is 1. The first-order valence-electron chi connectivity index (χ1n) is 5.62. The van der Waals surface area contributed by atoms with E-state index in [-0.39, 0.29) is 5.97 Å². The highest BCUT2D eigenvalue weighted by atomic mass is 16.5. The number of esters is 1. The third-order valence-electron chi connectivity index (χ3n) is 2.54. The fraction of sp³-hybridized carbons (Fsp3) is 0.133. The Kier molecular flexibility index (Phi) is 3.63. The van der Waals surface area contributed by atoms with Crippen LogP contribution >= 0.6 is 0 Å². The summed E-state index contributed by atoms with van der Waals surface area (Å²) >= 11 is 0. The van der Waals surface area contributed by atoms with E-state index in [4.69, 9.17) is 9.47 Å². The minimum absolute atomic E-state index is 0.313. The summed E-state index contributed by atoms with van der Waals surface area (Å²) in [6.07, 6.45) is 0. The van der Waals surface area contributed by atoms with E-state index in [1.54, 1.807) is 19.2 Å². The lowest BCUT2D eigenvalue weighted by molar-refractivity contribution is -0.131. The number of rotatable bonds is 3. The molecule has 0 aliphatic carbocycles. The Bertz CT molecular complexity index is 527. The van der Waals surface area contributed by atoms with E-state index in [0.717, 1.165) is 16.9 Å². The SMILES string of the molecule is COc1ccc(-c2ccc(OC(C)=O)cc2)cc1. The van der Waals surface area contributed by atoms with Crippen molar-refractivity contribution in [1.29, 1.82) is 0 Å². The minimum Gasteiger partial charge on any atom is -0.497 e. The molecular weight excluding hydrogens is 228 g/mol. The molecule has 0 heterocycles. The summed E-state index contributed by atoms with van der Waals surface area (Å²) in [5.74, 6) is 1.07. The van der Waals surface area contributed by atoms with Crippen molar-refractivity contribution in [2.24, 2.45) is 0 Å². The van der Waals surface area contributed by atoms with Gasteiger partial charge in [0.1, 0.15) is 11.5 Å². The van der Waals surface area contributed by atoms with Crippen molar-refractivity contribution in [1.82, 2.24) is 0 Å². The zero-order chi connectivity index (χ0) is 13.0. The normalized spacial score (nSPS) is 9.89. The van der Waals surface area contributed by atoms with E-state index in [1.807, 2.05) is 36.4 Å². The molecule has 0 saturated carbocycles. The summed E-state index contributed by atoms with van der Waals surface area (Å²) in [5, 5.41) is 0. The van der Waals surface area contributed by atoms with E-state index in [1.165, 1.54) is 6.92 Å². The van der Waals surface area contributed by atoms with E-state index in [0.29, 0.717) is 5.75 Å². The zero-order valence-electron chi connectivity index (χ0n) is 10.3. The van der Waals surface area contributed by atoms with Crippen molar-refractivity contribution in [2.75, 3.05) is 7.11 Å². The van der Waals surface area contributed by atoms with Gasteiger partial charge in [0.15, 0.2) is 0 Å². The van der Waals surface area contributed by atoms with Gasteiger partial charge in [-0.1, -0.05) is 24.3 Å². The van der Waals surface area contributed by atoms with Crippen molar-refractivity contribution in [3.8, 4) is 22.6 Å². The fourth-order valence-corrected chi connectivity index (χ4v) is 1.66. The molecule has 2 rings (SSSR count). The van der Waals surface area contributed by atoms with Crippen molar-refractivity contribution in [3.05, 3.63) is 48.5 Å². The molecule has 0 N–H and O–H groups in total. The summed E-state index contributed by atoms with van der Waals surface area (Å²) in [7, 11) is 1.64. The fourth-order valence-electron chi connectivity index (χ4n) is 1.66. The van der Waals surface area contributed by atoms with Crippen molar-refractivity contribution in [2.45, 2.75) is 6.92 Å². The Balaban J connectivity index is 2.20. The topological polar surface area (TPSA) is 35.5 Å². The van der Waals surface area contributed by atoms with Crippen LogP contribution < -0.4 is 9.47 Å². The maximum atomic E-state index is 10.8. The molecular formula is C15H14O3. The van der Waals surface area contributed by atoms with E-state index in [9.17, 15) is 4.79 Å². The van der Waals surface area contributed by atoms with Crippen LogP contribution in [0.15, 0.2) is 48.5 Å². The van der Waals surface area contributed by atoms with Gasteiger partial charge in [0.2, 0.25) is 0 Å². The smallest absolute Gasteiger partial charge is 0.308 e. The van der Waals surface area contributed by atoms with E-state index >= 15 is 0 Å². The molecule has 92 valence electrons. The average molecular weight is 242 g/mol. The van der Waals surface area contributed by atoms with Crippen molar-refractivity contribution >= 4 is 5.97 Å². The first-order chi connectivity index (χ1) is 8.69. The van der Waals surface area contributed by atoms with Crippen LogP contribution in [0.2, 0.25) is 0 Å². The number of hydrogen-bond acceptors (Lipinski definition) is 3. The maximum Gasteiger partial charge on any atom is 0.308 e. The molecule has 0 aromatic heterocycles. The standard InChI is InChI=1S/C15H14O3/c1-11(16)18-15-9-5-13(6-10-15)12-3-7-14(17-2)8-4-12/h3-10H,1-2H3. The lowest BCUT2D eigenvalue weighted by atomic mass is 10.1. The third kappa shape index (κ3) is 2.88. The molecule has 2 aromatic carbocycles. The number of carbonyl (C=O) groups is 1. The first kappa shape index (κ1) is 12.2. The molecule has 3 heteroatoms. The Hall–Kier alpha value is -2.29. The van der Waals surface area contributed by atoms with Gasteiger partial charge in [-0.25, -0.2) is 0 Å². The van der Waals surface area contributed by atoms with Crippen LogP contribution in [0.1, 0.15) is 6.92 Å². The third-order valence-corrected chi connectivity index (χ3v) is 2.54. The van der Waals surface area contributed by atoms with Gasteiger partial charge in [-0.2, -0.15) is 0 Å². The zero-order valence-corrected chi connectivity index (χ0v) is 10.3. The molecule has 2 aromatic rings. The van der Waals surface area contributed by atoms with Gasteiger partial charge in [0.25, 0.3) is 0 Å². The molecule has 0 radical (unpaired) electrons. The molecule has 0 amide bonds. The Morgan fingerprint density at radius 2 is 1.28 bits per heavy atom. The first-order valence-corrected chi connectivity index (χ1v) is 5.62. The highest BCUT2D eigenvalue weighted by molar-refractivity contribution is 5.70. The molecule has 0 aliphatic heterocycles. The molecule has 0 bridgehead atoms. The van der Waals surface area contributed by atoms with Gasteiger partial charge in [-0.15, -0.1) is 0 Å². The second kappa shape index (κ2) is 5.36. The Labute approximate surface area is 106 Å². The van der Waals surface area contributed by atoms with Gasteiger partial charge < -0.3 is 9.47 Å². The number of carbonyl (C=O) groups excluding carboxylic acids is 1. The van der Waals surface area contributed by atoms with Crippen LogP contribution in [0.3, 0.4) is 0 Å². The van der Waals surface area contributed by atoms with Gasteiger partial charge in [-0.05, 0) is 35.4 Å². The summed E-state index contributed by atoms with van der Waals surface area (Å²) < 4.78 is 10.1. The van der Waals surface area contributed by atoms with Crippen LogP contribution in [0.4, 0.5) is 0 Å². The number of hydrogen-bond donors (Lipinski definition) is 0. The predicted molar refractivity (Wildman–Crippen MR) is 69.7 cm³/mol. The van der Waals surface area contributed by atoms with Crippen LogP contribution in [-0.4, -0.2) is 13.1 Å². The maximum absolute atomic E-state index is 10.8. The number of benzene rings is 2. The summed E-state index contributed by atoms with van der Waals surface area (Å²) in [5.41, 5.74) is 2.15. The minimum atomic E-state index is -0.313. The van der Waals surface area contributed by atoms with E-state index < -0.39 is 0 Å². The second-order valence-electron chi connectivity index (χ2n) is 3.85. The lowest BCUT2D eigenvalue weighted by Crippen LogP contribution is -2.00. The van der Waals surface area contributed by atoms with E-state index in [2.05, 4.69) is 0 Å². The summed E-state index contributed by atoms with van der Waals surface area (Å²) in [6.45, 7) is 1.39. The van der Waals surface area contributed by atoms with Crippen LogP contribution in [0, 0.1) is 0 Å².